The summed E-state index contributed by atoms with van der Waals surface area (Å²) in [5.74, 6) is 0.288. The van der Waals surface area contributed by atoms with E-state index < -0.39 is 0 Å². The SMILES string of the molecule is CC(=O)CC1CCCCCN1C(=O)Cc1ccccc1O. The molecule has 0 radical (unpaired) electrons. The Balaban J connectivity index is 2.10. The third-order valence-electron chi connectivity index (χ3n) is 4.05. The van der Waals surface area contributed by atoms with Crippen molar-refractivity contribution >= 4 is 11.7 Å². The van der Waals surface area contributed by atoms with Gasteiger partial charge in [-0.25, -0.2) is 0 Å². The number of carbonyl (C=O) groups excluding carboxylic acids is 2. The van der Waals surface area contributed by atoms with Crippen molar-refractivity contribution in [2.45, 2.75) is 51.5 Å². The Morgan fingerprint density at radius 3 is 2.71 bits per heavy atom. The van der Waals surface area contributed by atoms with E-state index in [0.717, 1.165) is 25.7 Å². The third kappa shape index (κ3) is 4.31. The van der Waals surface area contributed by atoms with Crippen LogP contribution in [0.25, 0.3) is 0 Å². The molecule has 0 bridgehead atoms. The van der Waals surface area contributed by atoms with Gasteiger partial charge < -0.3 is 10.0 Å². The van der Waals surface area contributed by atoms with E-state index in [2.05, 4.69) is 0 Å². The number of likely N-dealkylation sites (tertiary alicyclic amines) is 1. The molecular weight excluding hydrogens is 266 g/mol. The van der Waals surface area contributed by atoms with Gasteiger partial charge in [-0.05, 0) is 25.8 Å². The predicted octanol–water partition coefficient (Wildman–Crippen LogP) is 2.69. The molecule has 0 aromatic heterocycles. The molecule has 1 aliphatic heterocycles. The van der Waals surface area contributed by atoms with Crippen LogP contribution >= 0.6 is 0 Å². The number of phenolic OH excluding ortho intramolecular Hbond substituents is 1. The van der Waals surface area contributed by atoms with Crippen LogP contribution in [0, 0.1) is 0 Å². The van der Waals surface area contributed by atoms with Gasteiger partial charge in [-0.1, -0.05) is 31.0 Å². The number of hydrogen-bond acceptors (Lipinski definition) is 3. The molecule has 1 aromatic rings. The highest BCUT2D eigenvalue weighted by Gasteiger charge is 2.26. The normalized spacial score (nSPS) is 19.1. The predicted molar refractivity (Wildman–Crippen MR) is 81.1 cm³/mol. The minimum atomic E-state index is 0.00431. The van der Waals surface area contributed by atoms with E-state index in [0.29, 0.717) is 18.5 Å². The first kappa shape index (κ1) is 15.5. The van der Waals surface area contributed by atoms with Crippen molar-refractivity contribution < 1.29 is 14.7 Å². The van der Waals surface area contributed by atoms with Gasteiger partial charge in [-0.3, -0.25) is 9.59 Å². The van der Waals surface area contributed by atoms with Crippen molar-refractivity contribution in [1.29, 1.82) is 0 Å². The number of ketones is 1. The molecule has 4 nitrogen and oxygen atoms in total. The molecule has 0 saturated carbocycles. The Morgan fingerprint density at radius 1 is 1.24 bits per heavy atom. The number of Topliss-reactive ketones (excluding diaryl/α,β-unsaturated/α-hetero) is 1. The Bertz CT molecular complexity index is 513. The fourth-order valence-corrected chi connectivity index (χ4v) is 2.97. The minimum Gasteiger partial charge on any atom is -0.508 e. The van der Waals surface area contributed by atoms with Crippen LogP contribution in [0.5, 0.6) is 5.75 Å². The number of aromatic hydroxyl groups is 1. The van der Waals surface area contributed by atoms with Crippen molar-refractivity contribution in [1.82, 2.24) is 4.90 Å². The summed E-state index contributed by atoms with van der Waals surface area (Å²) in [5.41, 5.74) is 0.647. The van der Waals surface area contributed by atoms with Crippen LogP contribution in [0.15, 0.2) is 24.3 Å². The highest BCUT2D eigenvalue weighted by Crippen LogP contribution is 2.22. The molecule has 1 atom stereocenters. The first-order chi connectivity index (χ1) is 10.1. The monoisotopic (exact) mass is 289 g/mol. The lowest BCUT2D eigenvalue weighted by Crippen LogP contribution is -2.41. The topological polar surface area (TPSA) is 57.6 Å². The number of nitrogens with zero attached hydrogens (tertiary/aromatic N) is 1. The molecule has 1 aliphatic rings. The molecule has 0 spiro atoms. The number of amides is 1. The standard InChI is InChI=1S/C17H23NO3/c1-13(19)11-15-8-3-2-6-10-18(15)17(21)12-14-7-4-5-9-16(14)20/h4-5,7,9,15,20H,2-3,6,8,10-12H2,1H3. The Kier molecular flexibility index (Phi) is 5.37. The van der Waals surface area contributed by atoms with E-state index in [-0.39, 0.29) is 29.9 Å². The number of benzene rings is 1. The summed E-state index contributed by atoms with van der Waals surface area (Å²) in [6.07, 6.45) is 4.69. The zero-order valence-electron chi connectivity index (χ0n) is 12.5. The Hall–Kier alpha value is -1.84. The van der Waals surface area contributed by atoms with Gasteiger partial charge >= 0.3 is 0 Å². The van der Waals surface area contributed by atoms with Gasteiger partial charge in [0.15, 0.2) is 0 Å². The van der Waals surface area contributed by atoms with E-state index in [1.54, 1.807) is 25.1 Å². The first-order valence-corrected chi connectivity index (χ1v) is 7.63. The number of carbonyl (C=O) groups is 2. The molecule has 1 fully saturated rings. The zero-order valence-corrected chi connectivity index (χ0v) is 12.5. The van der Waals surface area contributed by atoms with Crippen LogP contribution in [0.4, 0.5) is 0 Å². The third-order valence-corrected chi connectivity index (χ3v) is 4.05. The zero-order chi connectivity index (χ0) is 15.2. The van der Waals surface area contributed by atoms with Crippen LogP contribution in [0.2, 0.25) is 0 Å². The quantitative estimate of drug-likeness (QED) is 0.927. The molecule has 2 rings (SSSR count). The van der Waals surface area contributed by atoms with Gasteiger partial charge in [-0.2, -0.15) is 0 Å². The molecule has 1 aromatic carbocycles. The van der Waals surface area contributed by atoms with E-state index in [1.165, 1.54) is 0 Å². The molecule has 114 valence electrons. The maximum Gasteiger partial charge on any atom is 0.227 e. The maximum absolute atomic E-state index is 12.6. The van der Waals surface area contributed by atoms with Crippen LogP contribution in [0.3, 0.4) is 0 Å². The lowest BCUT2D eigenvalue weighted by atomic mass is 10.0. The van der Waals surface area contributed by atoms with Gasteiger partial charge in [0.05, 0.1) is 6.42 Å². The molecule has 21 heavy (non-hydrogen) atoms. The fraction of sp³-hybridized carbons (Fsp3) is 0.529. The molecular formula is C17H23NO3. The van der Waals surface area contributed by atoms with Crippen LogP contribution < -0.4 is 0 Å². The maximum atomic E-state index is 12.6. The molecule has 1 saturated heterocycles. The molecule has 1 unspecified atom stereocenters. The second kappa shape index (κ2) is 7.25. The lowest BCUT2D eigenvalue weighted by Gasteiger charge is -2.29. The summed E-state index contributed by atoms with van der Waals surface area (Å²) in [6, 6.07) is 6.94. The highest BCUT2D eigenvalue weighted by atomic mass is 16.3. The summed E-state index contributed by atoms with van der Waals surface area (Å²) >= 11 is 0. The largest absolute Gasteiger partial charge is 0.508 e. The van der Waals surface area contributed by atoms with Gasteiger partial charge in [0, 0.05) is 24.6 Å². The minimum absolute atomic E-state index is 0.00431. The summed E-state index contributed by atoms with van der Waals surface area (Å²) in [5, 5.41) is 9.80. The smallest absolute Gasteiger partial charge is 0.227 e. The second-order valence-electron chi connectivity index (χ2n) is 5.80. The summed E-state index contributed by atoms with van der Waals surface area (Å²) in [4.78, 5) is 25.8. The average molecular weight is 289 g/mol. The van der Waals surface area contributed by atoms with Gasteiger partial charge in [0.2, 0.25) is 5.91 Å². The molecule has 4 heteroatoms. The van der Waals surface area contributed by atoms with Crippen LogP contribution in [-0.4, -0.2) is 34.3 Å². The molecule has 1 heterocycles. The number of para-hydroxylation sites is 1. The van der Waals surface area contributed by atoms with Gasteiger partial charge in [0.25, 0.3) is 0 Å². The van der Waals surface area contributed by atoms with Crippen molar-refractivity contribution in [3.63, 3.8) is 0 Å². The van der Waals surface area contributed by atoms with Gasteiger partial charge in [0.1, 0.15) is 11.5 Å². The highest BCUT2D eigenvalue weighted by molar-refractivity contribution is 5.81. The number of rotatable bonds is 4. The van der Waals surface area contributed by atoms with E-state index in [9.17, 15) is 14.7 Å². The summed E-state index contributed by atoms with van der Waals surface area (Å²) < 4.78 is 0. The summed E-state index contributed by atoms with van der Waals surface area (Å²) in [6.45, 7) is 2.29. The Morgan fingerprint density at radius 2 is 2.00 bits per heavy atom. The van der Waals surface area contributed by atoms with Crippen molar-refractivity contribution in [3.8, 4) is 5.75 Å². The first-order valence-electron chi connectivity index (χ1n) is 7.63. The van der Waals surface area contributed by atoms with Crippen molar-refractivity contribution in [3.05, 3.63) is 29.8 Å². The molecule has 0 aliphatic carbocycles. The molecule has 1 N–H and O–H groups in total. The van der Waals surface area contributed by atoms with Crippen LogP contribution in [0.1, 0.15) is 44.6 Å². The van der Waals surface area contributed by atoms with Crippen molar-refractivity contribution in [2.24, 2.45) is 0 Å². The fourth-order valence-electron chi connectivity index (χ4n) is 2.97. The average Bonchev–Trinajstić information content (AvgIpc) is 2.66. The summed E-state index contributed by atoms with van der Waals surface area (Å²) in [7, 11) is 0. The number of phenols is 1. The van der Waals surface area contributed by atoms with Gasteiger partial charge in [-0.15, -0.1) is 0 Å². The van der Waals surface area contributed by atoms with E-state index in [4.69, 9.17) is 0 Å². The van der Waals surface area contributed by atoms with Crippen molar-refractivity contribution in [2.75, 3.05) is 6.54 Å². The molecule has 1 amide bonds. The number of hydrogen-bond donors (Lipinski definition) is 1. The van der Waals surface area contributed by atoms with Crippen LogP contribution in [-0.2, 0) is 16.0 Å². The lowest BCUT2D eigenvalue weighted by molar-refractivity contribution is -0.133. The Labute approximate surface area is 125 Å². The van der Waals surface area contributed by atoms with E-state index >= 15 is 0 Å². The van der Waals surface area contributed by atoms with E-state index in [1.807, 2.05) is 11.0 Å². The second-order valence-corrected chi connectivity index (χ2v) is 5.80.